The normalized spacial score (nSPS) is 14.2. The van der Waals surface area contributed by atoms with Crippen LogP contribution >= 0.6 is 0 Å². The Balaban J connectivity index is 1.64. The topological polar surface area (TPSA) is 58.5 Å². The molecule has 128 valence electrons. The van der Waals surface area contributed by atoms with Gasteiger partial charge in [-0.1, -0.05) is 60.7 Å². The monoisotopic (exact) mass is 350 g/mol. The lowest BCUT2D eigenvalue weighted by Gasteiger charge is -2.05. The highest BCUT2D eigenvalue weighted by Gasteiger charge is 2.31. The SMILES string of the molecule is O=C(N/N=C1/C(=O)c2c3ccccc3cc3cccc1c23)c1ccccc1. The zero-order valence-corrected chi connectivity index (χ0v) is 14.3. The van der Waals surface area contributed by atoms with E-state index in [0.29, 0.717) is 11.1 Å². The number of hydrazone groups is 1. The molecule has 0 aromatic heterocycles. The largest absolute Gasteiger partial charge is 0.287 e. The standard InChI is InChI=1S/C23H14N2O2/c26-22-20-17-11-5-4-9-15(17)13-16-10-6-12-18(19(16)20)21(22)24-25-23(27)14-7-2-1-3-8-14/h1-13H,(H,25,27)/b24-21+. The number of ketones is 1. The van der Waals surface area contributed by atoms with Crippen LogP contribution in [-0.4, -0.2) is 17.4 Å². The van der Waals surface area contributed by atoms with Gasteiger partial charge in [-0.05, 0) is 34.4 Å². The second-order valence-corrected chi connectivity index (χ2v) is 6.47. The predicted molar refractivity (Wildman–Crippen MR) is 106 cm³/mol. The van der Waals surface area contributed by atoms with Crippen molar-refractivity contribution in [3.05, 3.63) is 95.6 Å². The van der Waals surface area contributed by atoms with E-state index in [2.05, 4.69) is 16.6 Å². The van der Waals surface area contributed by atoms with Crippen molar-refractivity contribution in [2.24, 2.45) is 5.10 Å². The van der Waals surface area contributed by atoms with Gasteiger partial charge in [0.15, 0.2) is 0 Å². The molecule has 1 aliphatic carbocycles. The van der Waals surface area contributed by atoms with E-state index >= 15 is 0 Å². The van der Waals surface area contributed by atoms with Crippen molar-refractivity contribution in [2.75, 3.05) is 0 Å². The lowest BCUT2D eigenvalue weighted by Crippen LogP contribution is -2.22. The van der Waals surface area contributed by atoms with Gasteiger partial charge in [0, 0.05) is 22.1 Å². The van der Waals surface area contributed by atoms with E-state index in [9.17, 15) is 9.59 Å². The molecule has 5 rings (SSSR count). The number of nitrogens with zero attached hydrogens (tertiary/aromatic N) is 1. The van der Waals surface area contributed by atoms with E-state index in [1.165, 1.54) is 0 Å². The first-order valence-corrected chi connectivity index (χ1v) is 8.66. The Labute approximate surface area is 155 Å². The number of carbonyl (C=O) groups is 2. The van der Waals surface area contributed by atoms with Gasteiger partial charge in [-0.25, -0.2) is 5.43 Å². The van der Waals surface area contributed by atoms with Crippen molar-refractivity contribution < 1.29 is 9.59 Å². The fourth-order valence-electron chi connectivity index (χ4n) is 3.67. The van der Waals surface area contributed by atoms with Crippen molar-refractivity contribution in [1.29, 1.82) is 0 Å². The molecule has 0 bridgehead atoms. The van der Waals surface area contributed by atoms with E-state index in [4.69, 9.17) is 0 Å². The van der Waals surface area contributed by atoms with Crippen molar-refractivity contribution >= 4 is 38.9 Å². The molecule has 0 unspecified atom stereocenters. The summed E-state index contributed by atoms with van der Waals surface area (Å²) >= 11 is 0. The number of Topliss-reactive ketones (excluding diaryl/α,β-unsaturated/α-hetero) is 1. The number of amides is 1. The van der Waals surface area contributed by atoms with Gasteiger partial charge in [0.05, 0.1) is 0 Å². The lowest BCUT2D eigenvalue weighted by molar-refractivity contribution is 0.0955. The smallest absolute Gasteiger partial charge is 0.271 e. The molecule has 1 aliphatic rings. The summed E-state index contributed by atoms with van der Waals surface area (Å²) in [6.07, 6.45) is 0. The highest BCUT2D eigenvalue weighted by Crippen LogP contribution is 2.36. The predicted octanol–water partition coefficient (Wildman–Crippen LogP) is 4.32. The highest BCUT2D eigenvalue weighted by molar-refractivity contribution is 6.61. The molecule has 0 heterocycles. The van der Waals surface area contributed by atoms with E-state index < -0.39 is 0 Å². The molecule has 4 aromatic carbocycles. The first kappa shape index (κ1) is 15.5. The molecule has 1 N–H and O–H groups in total. The number of carbonyl (C=O) groups excluding carboxylic acids is 2. The Bertz CT molecular complexity index is 1270. The minimum Gasteiger partial charge on any atom is -0.287 e. The molecular weight excluding hydrogens is 336 g/mol. The molecule has 0 saturated heterocycles. The lowest BCUT2D eigenvalue weighted by atomic mass is 9.98. The molecule has 4 nitrogen and oxygen atoms in total. The van der Waals surface area contributed by atoms with Gasteiger partial charge in [0.25, 0.3) is 5.91 Å². The third-order valence-electron chi connectivity index (χ3n) is 4.89. The Morgan fingerprint density at radius 2 is 1.56 bits per heavy atom. The van der Waals surface area contributed by atoms with Crippen LogP contribution in [0.1, 0.15) is 26.3 Å². The van der Waals surface area contributed by atoms with Crippen LogP contribution in [-0.2, 0) is 0 Å². The van der Waals surface area contributed by atoms with Crippen molar-refractivity contribution in [2.45, 2.75) is 0 Å². The molecule has 27 heavy (non-hydrogen) atoms. The van der Waals surface area contributed by atoms with Crippen LogP contribution in [0.15, 0.2) is 84.0 Å². The summed E-state index contributed by atoms with van der Waals surface area (Å²) in [4.78, 5) is 25.5. The number of nitrogens with one attached hydrogen (secondary N) is 1. The maximum Gasteiger partial charge on any atom is 0.271 e. The third-order valence-corrected chi connectivity index (χ3v) is 4.89. The van der Waals surface area contributed by atoms with Gasteiger partial charge in [-0.2, -0.15) is 5.10 Å². The molecular formula is C23H14N2O2. The molecule has 0 radical (unpaired) electrons. The van der Waals surface area contributed by atoms with Crippen LogP contribution in [0, 0.1) is 0 Å². The minimum atomic E-state index is -0.344. The van der Waals surface area contributed by atoms with Crippen LogP contribution in [0.2, 0.25) is 0 Å². The zero-order valence-electron chi connectivity index (χ0n) is 14.3. The summed E-state index contributed by atoms with van der Waals surface area (Å²) in [5, 5.41) is 8.01. The Kier molecular flexibility index (Phi) is 3.37. The number of hydrogen-bond donors (Lipinski definition) is 1. The Hall–Kier alpha value is -3.79. The van der Waals surface area contributed by atoms with E-state index in [1.54, 1.807) is 24.3 Å². The first-order valence-electron chi connectivity index (χ1n) is 8.66. The maximum atomic E-state index is 13.2. The van der Waals surface area contributed by atoms with Gasteiger partial charge < -0.3 is 0 Å². The Morgan fingerprint density at radius 1 is 0.815 bits per heavy atom. The highest BCUT2D eigenvalue weighted by atomic mass is 16.2. The minimum absolute atomic E-state index is 0.161. The number of rotatable bonds is 2. The molecule has 4 aromatic rings. The van der Waals surface area contributed by atoms with Gasteiger partial charge in [0.2, 0.25) is 5.78 Å². The van der Waals surface area contributed by atoms with Crippen LogP contribution in [0.4, 0.5) is 0 Å². The van der Waals surface area contributed by atoms with Gasteiger partial charge >= 0.3 is 0 Å². The molecule has 0 atom stereocenters. The molecule has 4 heteroatoms. The summed E-state index contributed by atoms with van der Waals surface area (Å²) in [5.74, 6) is -0.504. The summed E-state index contributed by atoms with van der Waals surface area (Å²) in [6.45, 7) is 0. The van der Waals surface area contributed by atoms with Gasteiger partial charge in [-0.15, -0.1) is 0 Å². The molecule has 0 saturated carbocycles. The number of benzene rings is 4. The molecule has 0 fully saturated rings. The molecule has 1 amide bonds. The fraction of sp³-hybridized carbons (Fsp3) is 0. The fourth-order valence-corrected chi connectivity index (χ4v) is 3.67. The summed E-state index contributed by atoms with van der Waals surface area (Å²) in [7, 11) is 0. The van der Waals surface area contributed by atoms with E-state index in [1.807, 2.05) is 48.5 Å². The van der Waals surface area contributed by atoms with Crippen LogP contribution in [0.25, 0.3) is 21.5 Å². The summed E-state index contributed by atoms with van der Waals surface area (Å²) in [5.41, 5.74) is 4.71. The Morgan fingerprint density at radius 3 is 2.41 bits per heavy atom. The van der Waals surface area contributed by atoms with Crippen molar-refractivity contribution in [3.8, 4) is 0 Å². The summed E-state index contributed by atoms with van der Waals surface area (Å²) in [6, 6.07) is 24.5. The van der Waals surface area contributed by atoms with E-state index in [-0.39, 0.29) is 17.4 Å². The van der Waals surface area contributed by atoms with Gasteiger partial charge in [0.1, 0.15) is 5.71 Å². The zero-order chi connectivity index (χ0) is 18.4. The molecule has 0 spiro atoms. The number of fused-ring (bicyclic) bond motifs is 2. The first-order chi connectivity index (χ1) is 13.2. The summed E-state index contributed by atoms with van der Waals surface area (Å²) < 4.78 is 0. The van der Waals surface area contributed by atoms with Crippen LogP contribution < -0.4 is 5.43 Å². The van der Waals surface area contributed by atoms with Crippen LogP contribution in [0.3, 0.4) is 0 Å². The van der Waals surface area contributed by atoms with E-state index in [0.717, 1.165) is 27.1 Å². The average molecular weight is 350 g/mol. The van der Waals surface area contributed by atoms with Crippen molar-refractivity contribution in [1.82, 2.24) is 5.43 Å². The third kappa shape index (κ3) is 2.34. The van der Waals surface area contributed by atoms with Crippen molar-refractivity contribution in [3.63, 3.8) is 0 Å². The second kappa shape index (κ2) is 5.88. The number of hydrogen-bond acceptors (Lipinski definition) is 3. The quantitative estimate of drug-likeness (QED) is 0.432. The molecule has 0 aliphatic heterocycles. The average Bonchev–Trinajstić information content (AvgIpc) is 3.00. The van der Waals surface area contributed by atoms with Crippen LogP contribution in [0.5, 0.6) is 0 Å². The second-order valence-electron chi connectivity index (χ2n) is 6.47. The maximum absolute atomic E-state index is 13.2. The van der Waals surface area contributed by atoms with Gasteiger partial charge in [-0.3, -0.25) is 9.59 Å².